The molecule has 2 aliphatic heterocycles. The van der Waals surface area contributed by atoms with Crippen molar-refractivity contribution in [3.8, 4) is 28.6 Å². The Morgan fingerprint density at radius 2 is 1.22 bits per heavy atom. The number of carboxylic acids is 2. The number of hydrogen-bond donors (Lipinski definition) is 8. The molecule has 2 aromatic carbocycles. The molecule has 2 unspecified atom stereocenters. The second-order valence-electron chi connectivity index (χ2n) is 10.2. The number of carboxylic acid groups (broad SMARTS) is 2. The normalized spacial score (nSPS) is 31.7. The van der Waals surface area contributed by atoms with Crippen molar-refractivity contribution in [2.24, 2.45) is 0 Å². The SMILES string of the molecule is COc1ccc(-c2cc(=O)c3c(OC4O[C@H](C(=O)O)[C@@H](O)[C@H](O)[C@H]4O)cc(OC4O[C@H](C(=O)O)[C@@H](O)[C@H](O)[C@H]4O)cc3o2)cc1. The summed E-state index contributed by atoms with van der Waals surface area (Å²) in [5.41, 5.74) is -0.506. The van der Waals surface area contributed by atoms with Crippen LogP contribution in [0, 0.1) is 0 Å². The summed E-state index contributed by atoms with van der Waals surface area (Å²) in [4.78, 5) is 36.5. The first-order valence-electron chi connectivity index (χ1n) is 13.2. The quantitative estimate of drug-likeness (QED) is 0.133. The molecule has 5 rings (SSSR count). The van der Waals surface area contributed by atoms with Gasteiger partial charge in [-0.05, 0) is 24.3 Å². The highest BCUT2D eigenvalue weighted by Crippen LogP contribution is 2.36. The molecule has 17 nitrogen and oxygen atoms in total. The molecule has 3 aromatic rings. The molecular weight excluding hydrogens is 608 g/mol. The average molecular weight is 637 g/mol. The van der Waals surface area contributed by atoms with E-state index in [9.17, 15) is 55.2 Å². The highest BCUT2D eigenvalue weighted by Gasteiger charge is 2.49. The third kappa shape index (κ3) is 6.15. The summed E-state index contributed by atoms with van der Waals surface area (Å²) in [5.74, 6) is -3.58. The van der Waals surface area contributed by atoms with Crippen molar-refractivity contribution in [2.75, 3.05) is 7.11 Å². The van der Waals surface area contributed by atoms with Gasteiger partial charge in [-0.3, -0.25) is 4.79 Å². The van der Waals surface area contributed by atoms with E-state index in [-0.39, 0.29) is 22.5 Å². The van der Waals surface area contributed by atoms with E-state index in [4.69, 9.17) is 28.1 Å². The maximum absolute atomic E-state index is 13.4. The molecule has 17 heteroatoms. The van der Waals surface area contributed by atoms with Gasteiger partial charge in [-0.25, -0.2) is 9.59 Å². The van der Waals surface area contributed by atoms with E-state index in [1.54, 1.807) is 24.3 Å². The van der Waals surface area contributed by atoms with E-state index in [1.807, 2.05) is 0 Å². The van der Waals surface area contributed by atoms with Crippen LogP contribution in [-0.4, -0.2) is 121 Å². The molecule has 0 aliphatic carbocycles. The van der Waals surface area contributed by atoms with Crippen LogP contribution < -0.4 is 19.6 Å². The number of fused-ring (bicyclic) bond motifs is 1. The summed E-state index contributed by atoms with van der Waals surface area (Å²) < 4.78 is 32.6. The van der Waals surface area contributed by atoms with Crippen molar-refractivity contribution < 1.29 is 78.5 Å². The van der Waals surface area contributed by atoms with Crippen LogP contribution in [0.2, 0.25) is 0 Å². The molecule has 0 radical (unpaired) electrons. The highest BCUT2D eigenvalue weighted by molar-refractivity contribution is 5.86. The van der Waals surface area contributed by atoms with Crippen molar-refractivity contribution >= 4 is 22.9 Å². The molecule has 2 fully saturated rings. The van der Waals surface area contributed by atoms with Crippen LogP contribution in [0.1, 0.15) is 0 Å². The predicted molar refractivity (Wildman–Crippen MR) is 144 cm³/mol. The van der Waals surface area contributed by atoms with Gasteiger partial charge in [-0.1, -0.05) is 0 Å². The Labute approximate surface area is 251 Å². The lowest BCUT2D eigenvalue weighted by Crippen LogP contribution is -2.61. The molecule has 1 aromatic heterocycles. The van der Waals surface area contributed by atoms with Crippen molar-refractivity contribution in [3.05, 3.63) is 52.7 Å². The average Bonchev–Trinajstić information content (AvgIpc) is 3.00. The second kappa shape index (κ2) is 12.6. The fourth-order valence-corrected chi connectivity index (χ4v) is 4.84. The van der Waals surface area contributed by atoms with Gasteiger partial charge in [0.2, 0.25) is 12.6 Å². The van der Waals surface area contributed by atoms with Crippen LogP contribution in [0.4, 0.5) is 0 Å². The molecule has 242 valence electrons. The highest BCUT2D eigenvalue weighted by atomic mass is 16.7. The number of ether oxygens (including phenoxy) is 5. The third-order valence-corrected chi connectivity index (χ3v) is 7.26. The zero-order valence-electron chi connectivity index (χ0n) is 23.1. The molecule has 0 amide bonds. The first-order valence-corrected chi connectivity index (χ1v) is 13.2. The minimum absolute atomic E-state index is 0.0510. The minimum atomic E-state index is -2.04. The standard InChI is InChI=1S/C28H28O17/c1-40-10-4-2-9(3-5-10)13-8-12(29)16-14(42-13)6-11(41-27-21(34)17(30)19(32)23(44-27)25(36)37)7-15(16)43-28-22(35)18(31)20(33)24(45-28)26(38)39/h2-8,17-24,27-28,30-35H,1H3,(H,36,37)(H,38,39)/t17-,18-,19-,20-,21+,22+,23-,24-,27?,28?/m0/s1. The van der Waals surface area contributed by atoms with Crippen molar-refractivity contribution in [3.63, 3.8) is 0 Å². The van der Waals surface area contributed by atoms with Gasteiger partial charge in [0.25, 0.3) is 0 Å². The van der Waals surface area contributed by atoms with Crippen LogP contribution in [0.15, 0.2) is 51.7 Å². The lowest BCUT2D eigenvalue weighted by atomic mass is 9.99. The van der Waals surface area contributed by atoms with E-state index < -0.39 is 84.5 Å². The smallest absolute Gasteiger partial charge is 0.335 e. The molecule has 8 N–H and O–H groups in total. The van der Waals surface area contributed by atoms with Crippen molar-refractivity contribution in [1.82, 2.24) is 0 Å². The maximum atomic E-state index is 13.4. The molecular formula is C28H28O17. The van der Waals surface area contributed by atoms with Gasteiger partial charge in [-0.15, -0.1) is 0 Å². The summed E-state index contributed by atoms with van der Waals surface area (Å²) in [6.45, 7) is 0. The van der Waals surface area contributed by atoms with Gasteiger partial charge in [0.15, 0.2) is 17.6 Å². The van der Waals surface area contributed by atoms with Gasteiger partial charge in [0.1, 0.15) is 70.6 Å². The number of aliphatic hydroxyl groups is 6. The van der Waals surface area contributed by atoms with Gasteiger partial charge >= 0.3 is 11.9 Å². The monoisotopic (exact) mass is 636 g/mol. The molecule has 3 heterocycles. The van der Waals surface area contributed by atoms with Gasteiger partial charge in [0, 0.05) is 23.8 Å². The topological polar surface area (TPSA) is 272 Å². The second-order valence-corrected chi connectivity index (χ2v) is 10.2. The Morgan fingerprint density at radius 3 is 1.73 bits per heavy atom. The number of methoxy groups -OCH3 is 1. The minimum Gasteiger partial charge on any atom is -0.497 e. The summed E-state index contributed by atoms with van der Waals surface area (Å²) in [6, 6.07) is 9.64. The largest absolute Gasteiger partial charge is 0.497 e. The summed E-state index contributed by atoms with van der Waals surface area (Å²) in [5, 5.41) is 79.8. The van der Waals surface area contributed by atoms with Crippen LogP contribution in [0.3, 0.4) is 0 Å². The van der Waals surface area contributed by atoms with E-state index in [0.29, 0.717) is 11.3 Å². The lowest BCUT2D eigenvalue weighted by molar-refractivity contribution is -0.272. The van der Waals surface area contributed by atoms with Crippen LogP contribution in [-0.2, 0) is 19.1 Å². The first-order chi connectivity index (χ1) is 21.3. The molecule has 0 bridgehead atoms. The number of aliphatic carboxylic acids is 2. The molecule has 0 saturated carbocycles. The zero-order valence-corrected chi connectivity index (χ0v) is 23.1. The fourth-order valence-electron chi connectivity index (χ4n) is 4.84. The van der Waals surface area contributed by atoms with Gasteiger partial charge in [-0.2, -0.15) is 0 Å². The number of carbonyl (C=O) groups is 2. The Bertz CT molecular complexity index is 1620. The van der Waals surface area contributed by atoms with Crippen molar-refractivity contribution in [2.45, 2.75) is 61.4 Å². The van der Waals surface area contributed by atoms with Crippen LogP contribution in [0.5, 0.6) is 17.2 Å². The summed E-state index contributed by atoms with van der Waals surface area (Å²) in [7, 11) is 1.46. The number of hydrogen-bond acceptors (Lipinski definition) is 15. The van der Waals surface area contributed by atoms with Gasteiger partial charge < -0.3 is 69.0 Å². The fraction of sp³-hybridized carbons (Fsp3) is 0.393. The maximum Gasteiger partial charge on any atom is 0.335 e. The summed E-state index contributed by atoms with van der Waals surface area (Å²) in [6.07, 6.45) is -20.0. The van der Waals surface area contributed by atoms with E-state index in [1.165, 1.54) is 7.11 Å². The Hall–Kier alpha value is -4.33. The molecule has 0 spiro atoms. The summed E-state index contributed by atoms with van der Waals surface area (Å²) >= 11 is 0. The lowest BCUT2D eigenvalue weighted by Gasteiger charge is -2.39. The molecule has 45 heavy (non-hydrogen) atoms. The molecule has 2 saturated heterocycles. The Balaban J connectivity index is 1.59. The third-order valence-electron chi connectivity index (χ3n) is 7.26. The number of aliphatic hydroxyl groups excluding tert-OH is 6. The molecule has 10 atom stereocenters. The Kier molecular flexibility index (Phi) is 8.97. The number of benzene rings is 2. The van der Waals surface area contributed by atoms with Crippen molar-refractivity contribution in [1.29, 1.82) is 0 Å². The van der Waals surface area contributed by atoms with E-state index in [0.717, 1.165) is 18.2 Å². The first kappa shape index (κ1) is 32.1. The Morgan fingerprint density at radius 1 is 0.689 bits per heavy atom. The van der Waals surface area contributed by atoms with Crippen LogP contribution in [0.25, 0.3) is 22.3 Å². The zero-order chi connectivity index (χ0) is 32.7. The van der Waals surface area contributed by atoms with E-state index in [2.05, 4.69) is 0 Å². The predicted octanol–water partition coefficient (Wildman–Crippen LogP) is -1.99. The van der Waals surface area contributed by atoms with Gasteiger partial charge in [0.05, 0.1) is 7.11 Å². The van der Waals surface area contributed by atoms with Crippen LogP contribution >= 0.6 is 0 Å². The van der Waals surface area contributed by atoms with E-state index >= 15 is 0 Å². The molecule has 2 aliphatic rings. The number of rotatable bonds is 8.